The first-order valence-corrected chi connectivity index (χ1v) is 6.53. The third-order valence-corrected chi connectivity index (χ3v) is 3.16. The maximum atomic E-state index is 12.0. The van der Waals surface area contributed by atoms with Crippen LogP contribution in [0.15, 0.2) is 28.7 Å². The minimum absolute atomic E-state index is 0.228. The van der Waals surface area contributed by atoms with Crippen LogP contribution in [-0.4, -0.2) is 31.5 Å². The largest absolute Gasteiger partial charge is 0.451 e. The van der Waals surface area contributed by atoms with Crippen LogP contribution in [0.2, 0.25) is 0 Å². The van der Waals surface area contributed by atoms with Crippen LogP contribution in [-0.2, 0) is 4.74 Å². The Morgan fingerprint density at radius 2 is 2.26 bits per heavy atom. The van der Waals surface area contributed by atoms with E-state index in [9.17, 15) is 4.79 Å². The molecule has 5 heteroatoms. The second-order valence-corrected chi connectivity index (χ2v) is 4.74. The Bertz CT molecular complexity index is 579. The third-order valence-electron chi connectivity index (χ3n) is 2.78. The van der Waals surface area contributed by atoms with Crippen LogP contribution in [0.3, 0.4) is 0 Å². The summed E-state index contributed by atoms with van der Waals surface area (Å²) in [6, 6.07) is 7.28. The summed E-state index contributed by atoms with van der Waals surface area (Å²) in [6.07, 6.45) is 0. The number of carbonyl (C=O) groups is 1. The summed E-state index contributed by atoms with van der Waals surface area (Å²) in [5.74, 6) is 0.294. The highest BCUT2D eigenvalue weighted by molar-refractivity contribution is 6.18. The van der Waals surface area contributed by atoms with Crippen molar-refractivity contribution in [2.24, 2.45) is 0 Å². The molecule has 4 nitrogen and oxygen atoms in total. The highest BCUT2D eigenvalue weighted by Gasteiger charge is 2.16. The van der Waals surface area contributed by atoms with Crippen molar-refractivity contribution in [3.05, 3.63) is 35.6 Å². The molecule has 1 aromatic heterocycles. The Kier molecular flexibility index (Phi) is 4.45. The molecule has 1 amide bonds. The molecule has 1 atom stereocenters. The molecule has 0 aliphatic heterocycles. The van der Waals surface area contributed by atoms with Crippen LogP contribution in [0, 0.1) is 6.92 Å². The van der Waals surface area contributed by atoms with Gasteiger partial charge in [0.2, 0.25) is 0 Å². The lowest BCUT2D eigenvalue weighted by molar-refractivity contribution is 0.0881. The number of hydrogen-bond acceptors (Lipinski definition) is 3. The Morgan fingerprint density at radius 1 is 1.47 bits per heavy atom. The van der Waals surface area contributed by atoms with Gasteiger partial charge in [-0.05, 0) is 25.1 Å². The third kappa shape index (κ3) is 3.28. The molecule has 0 saturated heterocycles. The number of carbonyl (C=O) groups excluding carboxylic acids is 1. The predicted octanol–water partition coefficient (Wildman–Crippen LogP) is 2.72. The number of aryl methyl sites for hydroxylation is 1. The number of nitrogens with one attached hydrogen (secondary N) is 1. The molecule has 19 heavy (non-hydrogen) atoms. The zero-order valence-electron chi connectivity index (χ0n) is 10.9. The molecule has 2 rings (SSSR count). The van der Waals surface area contributed by atoms with Gasteiger partial charge in [0.15, 0.2) is 5.76 Å². The molecule has 0 bridgehead atoms. The Balaban J connectivity index is 2.17. The lowest BCUT2D eigenvalue weighted by Gasteiger charge is -2.13. The smallest absolute Gasteiger partial charge is 0.287 e. The SMILES string of the molecule is COCC(CCl)NC(=O)c1cc2cc(C)ccc2o1. The van der Waals surface area contributed by atoms with Crippen molar-refractivity contribution in [2.45, 2.75) is 13.0 Å². The van der Waals surface area contributed by atoms with Gasteiger partial charge in [-0.3, -0.25) is 4.79 Å². The van der Waals surface area contributed by atoms with Gasteiger partial charge in [-0.2, -0.15) is 0 Å². The molecule has 102 valence electrons. The molecule has 0 aliphatic rings. The van der Waals surface area contributed by atoms with Crippen molar-refractivity contribution in [3.63, 3.8) is 0 Å². The quantitative estimate of drug-likeness (QED) is 0.858. The number of ether oxygens (including phenoxy) is 1. The van der Waals surface area contributed by atoms with E-state index in [4.69, 9.17) is 20.8 Å². The number of methoxy groups -OCH3 is 1. The Morgan fingerprint density at radius 3 is 2.95 bits per heavy atom. The monoisotopic (exact) mass is 281 g/mol. The van der Waals surface area contributed by atoms with E-state index < -0.39 is 0 Å². The van der Waals surface area contributed by atoms with Gasteiger partial charge in [0.25, 0.3) is 5.91 Å². The van der Waals surface area contributed by atoms with E-state index in [1.807, 2.05) is 25.1 Å². The number of benzene rings is 1. The van der Waals surface area contributed by atoms with Crippen molar-refractivity contribution in [3.8, 4) is 0 Å². The van der Waals surface area contributed by atoms with Crippen LogP contribution < -0.4 is 5.32 Å². The zero-order valence-corrected chi connectivity index (χ0v) is 11.7. The summed E-state index contributed by atoms with van der Waals surface area (Å²) in [5, 5.41) is 3.69. The summed E-state index contributed by atoms with van der Waals surface area (Å²) in [7, 11) is 1.57. The minimum atomic E-state index is -0.281. The summed E-state index contributed by atoms with van der Waals surface area (Å²) >= 11 is 5.75. The molecule has 0 fully saturated rings. The first-order chi connectivity index (χ1) is 9.13. The van der Waals surface area contributed by atoms with E-state index in [1.54, 1.807) is 13.2 Å². The van der Waals surface area contributed by atoms with Gasteiger partial charge in [-0.25, -0.2) is 0 Å². The lowest BCUT2D eigenvalue weighted by Crippen LogP contribution is -2.39. The standard InChI is InChI=1S/C14H16ClNO3/c1-9-3-4-12-10(5-9)6-13(19-12)14(17)16-11(7-15)8-18-2/h3-6,11H,7-8H2,1-2H3,(H,16,17). The van der Waals surface area contributed by atoms with Gasteiger partial charge in [0.1, 0.15) is 5.58 Å². The van der Waals surface area contributed by atoms with Crippen molar-refractivity contribution in [1.29, 1.82) is 0 Å². The molecule has 0 spiro atoms. The molecule has 1 unspecified atom stereocenters. The number of furan rings is 1. The van der Waals surface area contributed by atoms with Crippen LogP contribution in [0.25, 0.3) is 11.0 Å². The second-order valence-electron chi connectivity index (χ2n) is 4.43. The van der Waals surface area contributed by atoms with Crippen LogP contribution >= 0.6 is 11.6 Å². The molecular weight excluding hydrogens is 266 g/mol. The highest BCUT2D eigenvalue weighted by atomic mass is 35.5. The van der Waals surface area contributed by atoms with Gasteiger partial charge >= 0.3 is 0 Å². The number of amides is 1. The number of rotatable bonds is 5. The number of hydrogen-bond donors (Lipinski definition) is 1. The predicted molar refractivity (Wildman–Crippen MR) is 74.8 cm³/mol. The maximum absolute atomic E-state index is 12.0. The summed E-state index contributed by atoms with van der Waals surface area (Å²) in [4.78, 5) is 12.0. The fourth-order valence-corrected chi connectivity index (χ4v) is 2.02. The zero-order chi connectivity index (χ0) is 13.8. The average molecular weight is 282 g/mol. The highest BCUT2D eigenvalue weighted by Crippen LogP contribution is 2.20. The van der Waals surface area contributed by atoms with Crippen LogP contribution in [0.4, 0.5) is 0 Å². The lowest BCUT2D eigenvalue weighted by atomic mass is 10.2. The summed E-state index contributed by atoms with van der Waals surface area (Å²) < 4.78 is 10.5. The van der Waals surface area contributed by atoms with Gasteiger partial charge in [-0.1, -0.05) is 11.6 Å². The van der Waals surface area contributed by atoms with Gasteiger partial charge in [0.05, 0.1) is 12.6 Å². The fraction of sp³-hybridized carbons (Fsp3) is 0.357. The summed E-state index contributed by atoms with van der Waals surface area (Å²) in [5.41, 5.74) is 1.82. The molecule has 2 aromatic rings. The fourth-order valence-electron chi connectivity index (χ4n) is 1.86. The Labute approximate surface area is 116 Å². The average Bonchev–Trinajstić information content (AvgIpc) is 2.81. The molecule has 1 aromatic carbocycles. The minimum Gasteiger partial charge on any atom is -0.451 e. The van der Waals surface area contributed by atoms with Crippen molar-refractivity contribution in [2.75, 3.05) is 19.6 Å². The van der Waals surface area contributed by atoms with E-state index >= 15 is 0 Å². The van der Waals surface area contributed by atoms with Crippen molar-refractivity contribution in [1.82, 2.24) is 5.32 Å². The topological polar surface area (TPSA) is 51.5 Å². The van der Waals surface area contributed by atoms with Gasteiger partial charge < -0.3 is 14.5 Å². The van der Waals surface area contributed by atoms with Gasteiger partial charge in [-0.15, -0.1) is 11.6 Å². The molecule has 1 N–H and O–H groups in total. The van der Waals surface area contributed by atoms with Crippen molar-refractivity contribution >= 4 is 28.5 Å². The van der Waals surface area contributed by atoms with Crippen LogP contribution in [0.1, 0.15) is 16.1 Å². The maximum Gasteiger partial charge on any atom is 0.287 e. The normalized spacial score (nSPS) is 12.6. The van der Waals surface area contributed by atoms with Gasteiger partial charge in [0, 0.05) is 18.4 Å². The molecule has 0 radical (unpaired) electrons. The number of fused-ring (bicyclic) bond motifs is 1. The van der Waals surface area contributed by atoms with E-state index in [2.05, 4.69) is 5.32 Å². The van der Waals surface area contributed by atoms with E-state index in [0.717, 1.165) is 10.9 Å². The van der Waals surface area contributed by atoms with E-state index in [0.29, 0.717) is 18.1 Å². The van der Waals surface area contributed by atoms with E-state index in [-0.39, 0.29) is 17.7 Å². The van der Waals surface area contributed by atoms with Crippen LogP contribution in [0.5, 0.6) is 0 Å². The molecule has 1 heterocycles. The van der Waals surface area contributed by atoms with Crippen molar-refractivity contribution < 1.29 is 13.9 Å². The Hall–Kier alpha value is -1.52. The van der Waals surface area contributed by atoms with E-state index in [1.165, 1.54) is 0 Å². The summed E-state index contributed by atoms with van der Waals surface area (Å²) in [6.45, 7) is 2.36. The molecule has 0 aliphatic carbocycles. The molecule has 0 saturated carbocycles. The first-order valence-electron chi connectivity index (χ1n) is 6.00. The molecular formula is C14H16ClNO3. The number of alkyl halides is 1. The second kappa shape index (κ2) is 6.08. The number of halogens is 1. The first kappa shape index (κ1) is 13.9.